The van der Waals surface area contributed by atoms with Crippen LogP contribution >= 0.6 is 23.1 Å². The molecule has 5 heteroatoms. The summed E-state index contributed by atoms with van der Waals surface area (Å²) in [6, 6.07) is 0. The average Bonchev–Trinajstić information content (AvgIpc) is 2.81. The topological polar surface area (TPSA) is 28.2 Å². The summed E-state index contributed by atoms with van der Waals surface area (Å²) in [5, 5.41) is 4.82. The van der Waals surface area contributed by atoms with Gasteiger partial charge in [-0.25, -0.2) is 4.98 Å². The summed E-state index contributed by atoms with van der Waals surface area (Å²) < 4.78 is 0. The van der Waals surface area contributed by atoms with Crippen molar-refractivity contribution in [3.05, 3.63) is 10.6 Å². The molecule has 0 spiro atoms. The number of rotatable bonds is 4. The SMILES string of the molecule is CC(C)c1nc(N2CCSCC2)sc1CNC(C)(C)C. The van der Waals surface area contributed by atoms with E-state index in [-0.39, 0.29) is 5.54 Å². The summed E-state index contributed by atoms with van der Waals surface area (Å²) in [5.41, 5.74) is 1.43. The molecule has 1 aliphatic rings. The van der Waals surface area contributed by atoms with Gasteiger partial charge in [0.15, 0.2) is 5.13 Å². The van der Waals surface area contributed by atoms with Crippen LogP contribution in [-0.4, -0.2) is 35.1 Å². The molecule has 114 valence electrons. The van der Waals surface area contributed by atoms with Crippen molar-refractivity contribution in [2.24, 2.45) is 0 Å². The highest BCUT2D eigenvalue weighted by atomic mass is 32.2. The van der Waals surface area contributed by atoms with Gasteiger partial charge in [0.2, 0.25) is 0 Å². The lowest BCUT2D eigenvalue weighted by atomic mass is 10.1. The van der Waals surface area contributed by atoms with Crippen molar-refractivity contribution in [1.29, 1.82) is 0 Å². The van der Waals surface area contributed by atoms with E-state index in [0.29, 0.717) is 5.92 Å². The minimum Gasteiger partial charge on any atom is -0.346 e. The number of nitrogens with one attached hydrogen (secondary N) is 1. The van der Waals surface area contributed by atoms with Crippen LogP contribution in [0.3, 0.4) is 0 Å². The molecule has 0 radical (unpaired) electrons. The number of hydrogen-bond acceptors (Lipinski definition) is 5. The van der Waals surface area contributed by atoms with E-state index < -0.39 is 0 Å². The van der Waals surface area contributed by atoms with Crippen LogP contribution in [-0.2, 0) is 6.54 Å². The zero-order chi connectivity index (χ0) is 14.8. The van der Waals surface area contributed by atoms with Crippen LogP contribution in [0.4, 0.5) is 5.13 Å². The Bertz CT molecular complexity index is 429. The van der Waals surface area contributed by atoms with Crippen LogP contribution in [0.15, 0.2) is 0 Å². The molecule has 0 unspecified atom stereocenters. The number of thiazole rings is 1. The number of hydrogen-bond donors (Lipinski definition) is 1. The van der Waals surface area contributed by atoms with E-state index in [4.69, 9.17) is 4.98 Å². The van der Waals surface area contributed by atoms with E-state index in [2.05, 4.69) is 44.8 Å². The maximum absolute atomic E-state index is 4.93. The van der Waals surface area contributed by atoms with Gasteiger partial charge in [-0.2, -0.15) is 11.8 Å². The van der Waals surface area contributed by atoms with Crippen molar-refractivity contribution in [1.82, 2.24) is 10.3 Å². The van der Waals surface area contributed by atoms with Crippen LogP contribution < -0.4 is 10.2 Å². The molecule has 1 aromatic heterocycles. The van der Waals surface area contributed by atoms with Crippen molar-refractivity contribution in [3.8, 4) is 0 Å². The Kier molecular flexibility index (Phi) is 5.37. The fourth-order valence-electron chi connectivity index (χ4n) is 2.16. The molecule has 1 saturated heterocycles. The van der Waals surface area contributed by atoms with Gasteiger partial charge in [0, 0.05) is 41.6 Å². The molecule has 0 bridgehead atoms. The van der Waals surface area contributed by atoms with Crippen molar-refractivity contribution in [2.75, 3.05) is 29.5 Å². The first-order valence-corrected chi connectivity index (χ1v) is 9.41. The number of aromatic nitrogens is 1. The fourth-order valence-corrected chi connectivity index (χ4v) is 4.27. The first-order valence-electron chi connectivity index (χ1n) is 7.44. The highest BCUT2D eigenvalue weighted by Crippen LogP contribution is 2.32. The van der Waals surface area contributed by atoms with Gasteiger partial charge in [-0.3, -0.25) is 0 Å². The van der Waals surface area contributed by atoms with Crippen molar-refractivity contribution in [3.63, 3.8) is 0 Å². The standard InChI is InChI=1S/C15H27N3S2/c1-11(2)13-12(10-16-15(3,4)5)20-14(17-13)18-6-8-19-9-7-18/h11,16H,6-10H2,1-5H3. The average molecular weight is 314 g/mol. The predicted octanol–water partition coefficient (Wildman–Crippen LogP) is 3.71. The summed E-state index contributed by atoms with van der Waals surface area (Å²) >= 11 is 3.93. The molecule has 1 aliphatic heterocycles. The molecule has 0 amide bonds. The van der Waals surface area contributed by atoms with Gasteiger partial charge in [-0.05, 0) is 26.7 Å². The number of nitrogens with zero attached hydrogens (tertiary/aromatic N) is 2. The second-order valence-electron chi connectivity index (χ2n) is 6.66. The molecule has 1 N–H and O–H groups in total. The largest absolute Gasteiger partial charge is 0.346 e. The van der Waals surface area contributed by atoms with Gasteiger partial charge in [-0.15, -0.1) is 11.3 Å². The monoisotopic (exact) mass is 313 g/mol. The van der Waals surface area contributed by atoms with Gasteiger partial charge in [0.05, 0.1) is 5.69 Å². The Balaban J connectivity index is 2.14. The van der Waals surface area contributed by atoms with E-state index in [0.717, 1.165) is 19.6 Å². The fraction of sp³-hybridized carbons (Fsp3) is 0.800. The summed E-state index contributed by atoms with van der Waals surface area (Å²) in [4.78, 5) is 8.79. The summed E-state index contributed by atoms with van der Waals surface area (Å²) in [6.07, 6.45) is 0. The molecule has 0 aromatic carbocycles. The van der Waals surface area contributed by atoms with Gasteiger partial charge in [0.25, 0.3) is 0 Å². The van der Waals surface area contributed by atoms with Crippen molar-refractivity contribution < 1.29 is 0 Å². The van der Waals surface area contributed by atoms with Crippen LogP contribution in [0.1, 0.15) is 51.1 Å². The Morgan fingerprint density at radius 3 is 2.45 bits per heavy atom. The van der Waals surface area contributed by atoms with Gasteiger partial charge >= 0.3 is 0 Å². The Morgan fingerprint density at radius 1 is 1.25 bits per heavy atom. The Hall–Kier alpha value is -0.260. The van der Waals surface area contributed by atoms with Gasteiger partial charge in [-0.1, -0.05) is 13.8 Å². The number of anilines is 1. The lowest BCUT2D eigenvalue weighted by Gasteiger charge is -2.25. The van der Waals surface area contributed by atoms with E-state index in [9.17, 15) is 0 Å². The molecule has 0 saturated carbocycles. The first-order chi connectivity index (χ1) is 9.37. The molecule has 0 aliphatic carbocycles. The normalized spacial score (nSPS) is 17.0. The lowest BCUT2D eigenvalue weighted by molar-refractivity contribution is 0.425. The molecule has 20 heavy (non-hydrogen) atoms. The third kappa shape index (κ3) is 4.37. The first kappa shape index (κ1) is 16.1. The van der Waals surface area contributed by atoms with E-state index >= 15 is 0 Å². The van der Waals surface area contributed by atoms with Crippen LogP contribution in [0.25, 0.3) is 0 Å². The molecule has 2 heterocycles. The van der Waals surface area contributed by atoms with E-state index in [1.54, 1.807) is 0 Å². The number of thioether (sulfide) groups is 1. The zero-order valence-electron chi connectivity index (χ0n) is 13.3. The third-order valence-corrected chi connectivity index (χ3v) is 5.40. The molecule has 2 rings (SSSR count). The molecule has 1 aromatic rings. The molecular formula is C15H27N3S2. The smallest absolute Gasteiger partial charge is 0.185 e. The molecular weight excluding hydrogens is 286 g/mol. The van der Waals surface area contributed by atoms with Crippen LogP contribution in [0, 0.1) is 0 Å². The van der Waals surface area contributed by atoms with Crippen molar-refractivity contribution >= 4 is 28.2 Å². The zero-order valence-corrected chi connectivity index (χ0v) is 15.0. The minimum atomic E-state index is 0.153. The van der Waals surface area contributed by atoms with Crippen LogP contribution in [0.2, 0.25) is 0 Å². The molecule has 0 atom stereocenters. The van der Waals surface area contributed by atoms with Gasteiger partial charge < -0.3 is 10.2 Å². The van der Waals surface area contributed by atoms with E-state index in [1.807, 2.05) is 23.1 Å². The summed E-state index contributed by atoms with van der Waals surface area (Å²) in [5.74, 6) is 2.95. The highest BCUT2D eigenvalue weighted by molar-refractivity contribution is 7.99. The van der Waals surface area contributed by atoms with Crippen molar-refractivity contribution in [2.45, 2.75) is 52.6 Å². The highest BCUT2D eigenvalue weighted by Gasteiger charge is 2.20. The van der Waals surface area contributed by atoms with E-state index in [1.165, 1.54) is 27.2 Å². The minimum absolute atomic E-state index is 0.153. The lowest BCUT2D eigenvalue weighted by Crippen LogP contribution is -2.35. The second-order valence-corrected chi connectivity index (χ2v) is 8.95. The second kappa shape index (κ2) is 6.67. The van der Waals surface area contributed by atoms with Gasteiger partial charge in [0.1, 0.15) is 0 Å². The van der Waals surface area contributed by atoms with Crippen LogP contribution in [0.5, 0.6) is 0 Å². The summed E-state index contributed by atoms with van der Waals surface area (Å²) in [7, 11) is 0. The molecule has 1 fully saturated rings. The summed E-state index contributed by atoms with van der Waals surface area (Å²) in [6.45, 7) is 14.3. The molecule has 3 nitrogen and oxygen atoms in total. The maximum atomic E-state index is 4.93. The Labute approximate surface area is 131 Å². The third-order valence-electron chi connectivity index (χ3n) is 3.32. The Morgan fingerprint density at radius 2 is 1.90 bits per heavy atom. The predicted molar refractivity (Wildman–Crippen MR) is 92.3 cm³/mol. The maximum Gasteiger partial charge on any atom is 0.185 e. The quantitative estimate of drug-likeness (QED) is 0.917.